The van der Waals surface area contributed by atoms with Crippen molar-refractivity contribution < 1.29 is 9.59 Å². The highest BCUT2D eigenvalue weighted by Gasteiger charge is 2.24. The summed E-state index contributed by atoms with van der Waals surface area (Å²) in [6, 6.07) is 0. The zero-order valence-corrected chi connectivity index (χ0v) is 10.4. The lowest BCUT2D eigenvalue weighted by atomic mass is 9.93. The van der Waals surface area contributed by atoms with E-state index in [1.54, 1.807) is 4.90 Å². The van der Waals surface area contributed by atoms with Crippen LogP contribution in [-0.4, -0.2) is 61.4 Å². The van der Waals surface area contributed by atoms with Crippen molar-refractivity contribution in [3.8, 4) is 0 Å². The zero-order valence-electron chi connectivity index (χ0n) is 10.4. The molecule has 2 fully saturated rings. The van der Waals surface area contributed by atoms with Crippen LogP contribution in [-0.2, 0) is 9.59 Å². The number of hydrogen-bond acceptors (Lipinski definition) is 3. The fourth-order valence-electron chi connectivity index (χ4n) is 2.50. The van der Waals surface area contributed by atoms with Crippen LogP contribution in [0.4, 0.5) is 0 Å². The highest BCUT2D eigenvalue weighted by Crippen LogP contribution is 2.19. The van der Waals surface area contributed by atoms with Crippen LogP contribution in [0.3, 0.4) is 0 Å². The summed E-state index contributed by atoms with van der Waals surface area (Å²) in [6.07, 6.45) is 3.46. The van der Waals surface area contributed by atoms with Crippen molar-refractivity contribution in [1.29, 1.82) is 0 Å². The topological polar surface area (TPSA) is 52.6 Å². The van der Waals surface area contributed by atoms with E-state index in [9.17, 15) is 9.59 Å². The Hall–Kier alpha value is -1.10. The molecule has 2 aliphatic heterocycles. The molecule has 0 saturated carbocycles. The number of piperidine rings is 1. The highest BCUT2D eigenvalue weighted by molar-refractivity contribution is 5.92. The number of likely N-dealkylation sites (tertiary alicyclic amines) is 1. The molecule has 5 heteroatoms. The van der Waals surface area contributed by atoms with Crippen LogP contribution in [0.15, 0.2) is 0 Å². The quantitative estimate of drug-likeness (QED) is 0.734. The Balaban J connectivity index is 1.73. The molecule has 0 spiro atoms. The molecule has 17 heavy (non-hydrogen) atoms. The lowest BCUT2D eigenvalue weighted by Crippen LogP contribution is -2.52. The average molecular weight is 239 g/mol. The molecule has 96 valence electrons. The molecular formula is C12H21N3O2. The van der Waals surface area contributed by atoms with E-state index in [1.807, 2.05) is 0 Å². The first-order chi connectivity index (χ1) is 8.15. The number of carbonyl (C=O) groups is 2. The van der Waals surface area contributed by atoms with Crippen LogP contribution >= 0.6 is 0 Å². The summed E-state index contributed by atoms with van der Waals surface area (Å²) in [7, 11) is 2.15. The second-order valence-electron chi connectivity index (χ2n) is 5.13. The van der Waals surface area contributed by atoms with Gasteiger partial charge in [-0.1, -0.05) is 0 Å². The molecule has 2 heterocycles. The highest BCUT2D eigenvalue weighted by atomic mass is 16.2. The predicted octanol–water partition coefficient (Wildman–Crippen LogP) is -0.323. The molecule has 2 aliphatic rings. The van der Waals surface area contributed by atoms with E-state index in [-0.39, 0.29) is 24.9 Å². The maximum Gasteiger partial charge on any atom is 0.242 e. The summed E-state index contributed by atoms with van der Waals surface area (Å²) in [5, 5.41) is 2.57. The first-order valence-corrected chi connectivity index (χ1v) is 6.38. The smallest absolute Gasteiger partial charge is 0.242 e. The minimum Gasteiger partial charge on any atom is -0.345 e. The summed E-state index contributed by atoms with van der Waals surface area (Å²) in [5.74, 6) is 0.731. The van der Waals surface area contributed by atoms with Gasteiger partial charge in [0.05, 0.1) is 13.1 Å². The van der Waals surface area contributed by atoms with Gasteiger partial charge in [0.15, 0.2) is 0 Å². The Kier molecular flexibility index (Phi) is 3.99. The molecular weight excluding hydrogens is 218 g/mol. The van der Waals surface area contributed by atoms with Gasteiger partial charge in [-0.25, -0.2) is 0 Å². The third-order valence-electron chi connectivity index (χ3n) is 3.77. The van der Waals surface area contributed by atoms with E-state index in [4.69, 9.17) is 0 Å². The molecule has 2 rings (SSSR count). The summed E-state index contributed by atoms with van der Waals surface area (Å²) in [5.41, 5.74) is 0. The van der Waals surface area contributed by atoms with E-state index in [2.05, 4.69) is 17.3 Å². The molecule has 0 unspecified atom stereocenters. The largest absolute Gasteiger partial charge is 0.345 e. The second kappa shape index (κ2) is 5.49. The zero-order chi connectivity index (χ0) is 12.3. The van der Waals surface area contributed by atoms with Gasteiger partial charge in [0, 0.05) is 6.54 Å². The van der Waals surface area contributed by atoms with Crippen molar-refractivity contribution in [3.05, 3.63) is 0 Å². The predicted molar refractivity (Wildman–Crippen MR) is 64.4 cm³/mol. The molecule has 0 aromatic rings. The van der Waals surface area contributed by atoms with Crippen LogP contribution in [0.5, 0.6) is 0 Å². The number of nitrogens with one attached hydrogen (secondary N) is 1. The van der Waals surface area contributed by atoms with E-state index in [0.717, 1.165) is 26.1 Å². The van der Waals surface area contributed by atoms with Crippen LogP contribution in [0, 0.1) is 5.92 Å². The Morgan fingerprint density at radius 2 is 2.00 bits per heavy atom. The van der Waals surface area contributed by atoms with Gasteiger partial charge in [-0.2, -0.15) is 0 Å². The molecule has 0 aromatic heterocycles. The number of rotatable bonds is 3. The molecule has 0 radical (unpaired) electrons. The van der Waals surface area contributed by atoms with Crippen molar-refractivity contribution in [2.45, 2.75) is 19.3 Å². The monoisotopic (exact) mass is 239 g/mol. The van der Waals surface area contributed by atoms with E-state index >= 15 is 0 Å². The molecule has 0 atom stereocenters. The van der Waals surface area contributed by atoms with Crippen LogP contribution < -0.4 is 5.32 Å². The number of piperazine rings is 1. The summed E-state index contributed by atoms with van der Waals surface area (Å²) in [6.45, 7) is 3.45. The van der Waals surface area contributed by atoms with Crippen molar-refractivity contribution >= 4 is 11.8 Å². The number of hydrogen-bond donors (Lipinski definition) is 1. The third kappa shape index (κ3) is 3.43. The van der Waals surface area contributed by atoms with Gasteiger partial charge in [0.25, 0.3) is 0 Å². The van der Waals surface area contributed by atoms with Crippen molar-refractivity contribution in [2.75, 3.05) is 39.8 Å². The van der Waals surface area contributed by atoms with E-state index in [0.29, 0.717) is 5.92 Å². The Labute approximate surface area is 102 Å². The van der Waals surface area contributed by atoms with Crippen LogP contribution in [0.25, 0.3) is 0 Å². The molecule has 5 nitrogen and oxygen atoms in total. The SMILES string of the molecule is CN1CCC(CCN2CC(=O)NCC2=O)CC1. The number of nitrogens with zero attached hydrogens (tertiary/aromatic N) is 2. The van der Waals surface area contributed by atoms with Gasteiger partial charge in [-0.15, -0.1) is 0 Å². The number of carbonyl (C=O) groups excluding carboxylic acids is 2. The van der Waals surface area contributed by atoms with E-state index in [1.165, 1.54) is 12.8 Å². The first-order valence-electron chi connectivity index (χ1n) is 6.38. The Bertz CT molecular complexity index is 298. The van der Waals surface area contributed by atoms with Gasteiger partial charge in [0.2, 0.25) is 11.8 Å². The second-order valence-corrected chi connectivity index (χ2v) is 5.13. The van der Waals surface area contributed by atoms with Gasteiger partial charge >= 0.3 is 0 Å². The number of amides is 2. The summed E-state index contributed by atoms with van der Waals surface area (Å²) in [4.78, 5) is 26.8. The molecule has 0 bridgehead atoms. The van der Waals surface area contributed by atoms with Crippen LogP contribution in [0.2, 0.25) is 0 Å². The molecule has 0 aromatic carbocycles. The molecule has 2 amide bonds. The fourth-order valence-corrected chi connectivity index (χ4v) is 2.50. The van der Waals surface area contributed by atoms with Gasteiger partial charge in [-0.3, -0.25) is 9.59 Å². The fraction of sp³-hybridized carbons (Fsp3) is 0.833. The maximum atomic E-state index is 11.6. The minimum absolute atomic E-state index is 0.0343. The minimum atomic E-state index is -0.0343. The van der Waals surface area contributed by atoms with Crippen molar-refractivity contribution in [3.63, 3.8) is 0 Å². The van der Waals surface area contributed by atoms with Gasteiger partial charge in [0.1, 0.15) is 0 Å². The summed E-state index contributed by atoms with van der Waals surface area (Å²) < 4.78 is 0. The van der Waals surface area contributed by atoms with Crippen LogP contribution in [0.1, 0.15) is 19.3 Å². The van der Waals surface area contributed by atoms with Crippen molar-refractivity contribution in [2.24, 2.45) is 5.92 Å². The normalized spacial score (nSPS) is 23.9. The molecule has 0 aliphatic carbocycles. The van der Waals surface area contributed by atoms with Gasteiger partial charge < -0.3 is 15.1 Å². The standard InChI is InChI=1S/C12H21N3O2/c1-14-5-2-10(3-6-14)4-7-15-9-11(16)13-8-12(15)17/h10H,2-9H2,1H3,(H,13,16). The lowest BCUT2D eigenvalue weighted by Gasteiger charge is -2.32. The van der Waals surface area contributed by atoms with Crippen molar-refractivity contribution in [1.82, 2.24) is 15.1 Å². The van der Waals surface area contributed by atoms with E-state index < -0.39 is 0 Å². The average Bonchev–Trinajstić information content (AvgIpc) is 2.32. The summed E-state index contributed by atoms with van der Waals surface area (Å²) >= 11 is 0. The molecule has 2 saturated heterocycles. The van der Waals surface area contributed by atoms with Gasteiger partial charge in [-0.05, 0) is 45.3 Å². The Morgan fingerprint density at radius 3 is 2.71 bits per heavy atom. The Morgan fingerprint density at radius 1 is 1.29 bits per heavy atom. The molecule has 1 N–H and O–H groups in total. The third-order valence-corrected chi connectivity index (χ3v) is 3.77. The first kappa shape index (κ1) is 12.4. The maximum absolute atomic E-state index is 11.6. The lowest BCUT2D eigenvalue weighted by molar-refractivity contribution is -0.140.